The Hall–Kier alpha value is 0.521. The molecule has 4 N–H and O–H groups in total. The number of nitrogen functional groups attached to an aromatic ring is 2. The van der Waals surface area contributed by atoms with Crippen LogP contribution in [-0.2, 0) is 0 Å². The maximum Gasteiger partial charge on any atom is 1.00 e. The van der Waals surface area contributed by atoms with E-state index in [0.29, 0.717) is 11.8 Å². The molecule has 0 radical (unpaired) electrons. The van der Waals surface area contributed by atoms with E-state index in [1.165, 1.54) is 6.07 Å². The molecule has 1 aromatic heterocycles. The SMILES string of the molecule is Nc1cc(N)nc(SC[B-](F)(F)F)n1.[K+]. The third-order valence-electron chi connectivity index (χ3n) is 1.15. The van der Waals surface area contributed by atoms with E-state index in [4.69, 9.17) is 11.5 Å². The third-order valence-corrected chi connectivity index (χ3v) is 2.13. The van der Waals surface area contributed by atoms with Gasteiger partial charge in [0.2, 0.25) is 0 Å². The Labute approximate surface area is 131 Å². The quantitative estimate of drug-likeness (QED) is 0.379. The Morgan fingerprint density at radius 2 is 1.67 bits per heavy atom. The summed E-state index contributed by atoms with van der Waals surface area (Å²) in [7, 11) is 0. The van der Waals surface area contributed by atoms with Gasteiger partial charge in [0.25, 0.3) is 0 Å². The Kier molecular flexibility index (Phi) is 6.52. The van der Waals surface area contributed by atoms with Gasteiger partial charge in [-0.1, -0.05) is 0 Å². The second-order valence-corrected chi connectivity index (χ2v) is 3.51. The molecule has 0 amide bonds. The summed E-state index contributed by atoms with van der Waals surface area (Å²) >= 11 is 0.476. The zero-order valence-corrected chi connectivity index (χ0v) is 11.9. The van der Waals surface area contributed by atoms with E-state index >= 15 is 0 Å². The van der Waals surface area contributed by atoms with Crippen LogP contribution in [-0.4, -0.2) is 22.6 Å². The first kappa shape index (κ1) is 15.5. The van der Waals surface area contributed by atoms with E-state index in [1.54, 1.807) is 0 Å². The zero-order chi connectivity index (χ0) is 10.8. The number of halogens is 3. The average Bonchev–Trinajstić information content (AvgIpc) is 1.97. The first-order chi connectivity index (χ1) is 6.37. The van der Waals surface area contributed by atoms with E-state index < -0.39 is 12.6 Å². The maximum atomic E-state index is 11.9. The molecule has 0 aromatic carbocycles. The summed E-state index contributed by atoms with van der Waals surface area (Å²) in [6.45, 7) is -4.85. The number of anilines is 2. The molecule has 4 nitrogen and oxygen atoms in total. The van der Waals surface area contributed by atoms with Gasteiger partial charge in [0.05, 0.1) is 0 Å². The van der Waals surface area contributed by atoms with Gasteiger partial charge in [0, 0.05) is 6.07 Å². The Balaban J connectivity index is 0.00000196. The Morgan fingerprint density at radius 3 is 2.07 bits per heavy atom. The number of nitrogens with two attached hydrogens (primary N) is 2. The molecule has 0 aliphatic heterocycles. The van der Waals surface area contributed by atoms with Crippen LogP contribution in [0.15, 0.2) is 11.2 Å². The minimum atomic E-state index is -4.85. The van der Waals surface area contributed by atoms with Crippen LogP contribution in [0.2, 0.25) is 0 Å². The van der Waals surface area contributed by atoms with Crippen molar-refractivity contribution in [1.29, 1.82) is 0 Å². The summed E-state index contributed by atoms with van der Waals surface area (Å²) in [5, 5.41) is -0.0540. The van der Waals surface area contributed by atoms with E-state index in [9.17, 15) is 12.9 Å². The second-order valence-electron chi connectivity index (χ2n) is 2.52. The fourth-order valence-electron chi connectivity index (χ4n) is 0.696. The number of thioether (sulfide) groups is 1. The van der Waals surface area contributed by atoms with Crippen molar-refractivity contribution in [3.05, 3.63) is 6.07 Å². The summed E-state index contributed by atoms with van der Waals surface area (Å²) in [4.78, 5) is 7.19. The fraction of sp³-hybridized carbons (Fsp3) is 0.200. The van der Waals surface area contributed by atoms with Crippen molar-refractivity contribution < 1.29 is 64.3 Å². The van der Waals surface area contributed by atoms with E-state index in [1.807, 2.05) is 0 Å². The van der Waals surface area contributed by atoms with Crippen molar-refractivity contribution in [3.63, 3.8) is 0 Å². The van der Waals surface area contributed by atoms with Crippen LogP contribution >= 0.6 is 11.8 Å². The zero-order valence-electron chi connectivity index (χ0n) is 7.95. The van der Waals surface area contributed by atoms with E-state index in [2.05, 4.69) is 9.97 Å². The van der Waals surface area contributed by atoms with E-state index in [-0.39, 0.29) is 68.2 Å². The van der Waals surface area contributed by atoms with Gasteiger partial charge in [-0.15, -0.1) is 11.8 Å². The van der Waals surface area contributed by atoms with Gasteiger partial charge in [-0.2, -0.15) is 0 Å². The summed E-state index contributed by atoms with van der Waals surface area (Å²) in [6.07, 6.45) is 0. The fourth-order valence-corrected chi connectivity index (χ4v) is 1.37. The number of rotatable bonds is 3. The Morgan fingerprint density at radius 1 is 1.20 bits per heavy atom. The van der Waals surface area contributed by atoms with Crippen LogP contribution in [0, 0.1) is 0 Å². The topological polar surface area (TPSA) is 77.8 Å². The van der Waals surface area contributed by atoms with Gasteiger partial charge >= 0.3 is 58.4 Å². The molecule has 10 heteroatoms. The first-order valence-corrected chi connectivity index (χ1v) is 4.59. The van der Waals surface area contributed by atoms with Gasteiger partial charge in [-0.3, -0.25) is 0 Å². The average molecular weight is 262 g/mol. The first-order valence-electron chi connectivity index (χ1n) is 3.60. The summed E-state index contributed by atoms with van der Waals surface area (Å²) < 4.78 is 35.6. The number of hydrogen-bond acceptors (Lipinski definition) is 5. The molecule has 1 aromatic rings. The van der Waals surface area contributed by atoms with Crippen molar-refractivity contribution in [2.45, 2.75) is 5.16 Å². The largest absolute Gasteiger partial charge is 1.00 e. The third kappa shape index (κ3) is 6.64. The Bertz CT molecular complexity index is 316. The molecule has 0 atom stereocenters. The van der Waals surface area contributed by atoms with Crippen molar-refractivity contribution in [2.24, 2.45) is 0 Å². The van der Waals surface area contributed by atoms with Crippen molar-refractivity contribution in [3.8, 4) is 0 Å². The molecule has 78 valence electrons. The number of hydrogen-bond donors (Lipinski definition) is 2. The van der Waals surface area contributed by atoms with Gasteiger partial charge in [-0.25, -0.2) is 9.97 Å². The van der Waals surface area contributed by atoms with Gasteiger partial charge in [0.15, 0.2) is 5.16 Å². The van der Waals surface area contributed by atoms with Crippen molar-refractivity contribution in [2.75, 3.05) is 17.1 Å². The minimum Gasteiger partial charge on any atom is -0.448 e. The molecule has 0 bridgehead atoms. The predicted octanol–water partition coefficient (Wildman–Crippen LogP) is -1.88. The van der Waals surface area contributed by atoms with E-state index in [0.717, 1.165) is 0 Å². The van der Waals surface area contributed by atoms with Crippen LogP contribution in [0.25, 0.3) is 0 Å². The van der Waals surface area contributed by atoms with Crippen LogP contribution in [0.1, 0.15) is 0 Å². The summed E-state index contributed by atoms with van der Waals surface area (Å²) in [6, 6.07) is 1.28. The van der Waals surface area contributed by atoms with Crippen molar-refractivity contribution >= 4 is 30.4 Å². The molecule has 1 heterocycles. The molecule has 0 saturated heterocycles. The summed E-state index contributed by atoms with van der Waals surface area (Å²) in [5.41, 5.74) is 9.56. The molecule has 0 aliphatic carbocycles. The number of nitrogens with zero attached hydrogens (tertiary/aromatic N) is 2. The maximum absolute atomic E-state index is 11.9. The standard InChI is InChI=1S/C5H7BF3N4S.K/c7-6(8,9)2-14-5-12-3(10)1-4(11)13-5;/h1H,2H2,(H4,10,11,12,13);/q-1;+1. The molecule has 0 aliphatic rings. The molecule has 0 saturated carbocycles. The van der Waals surface area contributed by atoms with Gasteiger partial charge in [0.1, 0.15) is 11.6 Å². The molecule has 1 rings (SSSR count). The second kappa shape index (κ2) is 6.30. The number of aromatic nitrogens is 2. The van der Waals surface area contributed by atoms with Crippen LogP contribution in [0.5, 0.6) is 0 Å². The normalized spacial score (nSPS) is 10.9. The van der Waals surface area contributed by atoms with Crippen molar-refractivity contribution in [1.82, 2.24) is 9.97 Å². The summed E-state index contributed by atoms with van der Waals surface area (Å²) in [5.74, 6) is 0.129. The molecule has 15 heavy (non-hydrogen) atoms. The predicted molar refractivity (Wildman–Crippen MR) is 50.7 cm³/mol. The molecular formula is C5H7BF3KN4S. The van der Waals surface area contributed by atoms with Crippen LogP contribution in [0.3, 0.4) is 0 Å². The molecule has 0 fully saturated rings. The molecular weight excluding hydrogens is 255 g/mol. The minimum absolute atomic E-state index is 0. The van der Waals surface area contributed by atoms with Gasteiger partial charge in [-0.05, 0) is 5.65 Å². The van der Waals surface area contributed by atoms with Gasteiger partial charge < -0.3 is 24.4 Å². The van der Waals surface area contributed by atoms with Crippen LogP contribution < -0.4 is 62.9 Å². The molecule has 0 spiro atoms. The van der Waals surface area contributed by atoms with Crippen LogP contribution in [0.4, 0.5) is 24.6 Å². The monoisotopic (exact) mass is 262 g/mol. The smallest absolute Gasteiger partial charge is 0.448 e. The molecule has 0 unspecified atom stereocenters.